The fourth-order valence-corrected chi connectivity index (χ4v) is 2.89. The van der Waals surface area contributed by atoms with E-state index in [0.29, 0.717) is 5.75 Å². The summed E-state index contributed by atoms with van der Waals surface area (Å²) in [5.41, 5.74) is 5.60. The van der Waals surface area contributed by atoms with Crippen LogP contribution in [-0.2, 0) is 9.59 Å². The van der Waals surface area contributed by atoms with Crippen molar-refractivity contribution in [2.75, 3.05) is 7.11 Å². The molecular formula is C23H23FN2O4. The summed E-state index contributed by atoms with van der Waals surface area (Å²) < 4.78 is 23.6. The molecule has 156 valence electrons. The Balaban J connectivity index is 1.57. The summed E-state index contributed by atoms with van der Waals surface area (Å²) in [5.74, 6) is -0.637. The molecule has 3 aromatic carbocycles. The molecule has 0 radical (unpaired) electrons. The van der Waals surface area contributed by atoms with Gasteiger partial charge in [-0.2, -0.15) is 0 Å². The monoisotopic (exact) mass is 410 g/mol. The van der Waals surface area contributed by atoms with Crippen LogP contribution < -0.4 is 20.3 Å². The number of hydrogen-bond acceptors (Lipinski definition) is 4. The molecule has 0 saturated heterocycles. The van der Waals surface area contributed by atoms with E-state index in [2.05, 4.69) is 10.9 Å². The molecule has 0 fully saturated rings. The van der Waals surface area contributed by atoms with Crippen LogP contribution in [0, 0.1) is 5.82 Å². The standard InChI is InChI=1S/C23H23FN2O4/c1-14(16-4-5-18-13-21(29-3)9-6-17(18)12-16)22(27)25-26-23(28)15(2)30-20-10-7-19(24)8-11-20/h4-15H,1-3H3,(H,25,27)(H,26,28)/t14-,15+/m1/s1. The van der Waals surface area contributed by atoms with Crippen LogP contribution >= 0.6 is 0 Å². The Morgan fingerprint density at radius 3 is 2.13 bits per heavy atom. The van der Waals surface area contributed by atoms with E-state index in [1.54, 1.807) is 14.0 Å². The van der Waals surface area contributed by atoms with Gasteiger partial charge in [0, 0.05) is 0 Å². The van der Waals surface area contributed by atoms with Gasteiger partial charge in [-0.25, -0.2) is 4.39 Å². The molecule has 0 bridgehead atoms. The first-order valence-electron chi connectivity index (χ1n) is 9.47. The van der Waals surface area contributed by atoms with Crippen molar-refractivity contribution in [2.24, 2.45) is 0 Å². The highest BCUT2D eigenvalue weighted by atomic mass is 19.1. The normalized spacial score (nSPS) is 12.7. The second-order valence-corrected chi connectivity index (χ2v) is 6.89. The van der Waals surface area contributed by atoms with Crippen LogP contribution in [0.15, 0.2) is 60.7 Å². The first-order valence-corrected chi connectivity index (χ1v) is 9.47. The molecule has 0 saturated carbocycles. The summed E-state index contributed by atoms with van der Waals surface area (Å²) in [4.78, 5) is 24.7. The third kappa shape index (κ3) is 5.05. The zero-order valence-corrected chi connectivity index (χ0v) is 16.9. The Hall–Kier alpha value is -3.61. The number of hydrazine groups is 1. The van der Waals surface area contributed by atoms with Gasteiger partial charge in [-0.3, -0.25) is 20.4 Å². The molecule has 3 aromatic rings. The lowest BCUT2D eigenvalue weighted by Crippen LogP contribution is -2.48. The van der Waals surface area contributed by atoms with Crippen LogP contribution in [0.5, 0.6) is 11.5 Å². The van der Waals surface area contributed by atoms with Crippen LogP contribution in [0.4, 0.5) is 4.39 Å². The summed E-state index contributed by atoms with van der Waals surface area (Å²) in [6, 6.07) is 16.8. The fourth-order valence-electron chi connectivity index (χ4n) is 2.89. The number of carbonyl (C=O) groups excluding carboxylic acids is 2. The molecule has 2 atom stereocenters. The summed E-state index contributed by atoms with van der Waals surface area (Å²) in [6.45, 7) is 3.29. The van der Waals surface area contributed by atoms with Crippen LogP contribution in [0.1, 0.15) is 25.3 Å². The lowest BCUT2D eigenvalue weighted by Gasteiger charge is -2.17. The van der Waals surface area contributed by atoms with Gasteiger partial charge in [0.15, 0.2) is 6.10 Å². The van der Waals surface area contributed by atoms with Gasteiger partial charge < -0.3 is 9.47 Å². The van der Waals surface area contributed by atoms with Gasteiger partial charge in [-0.05, 0) is 66.6 Å². The Labute approximate surface area is 174 Å². The zero-order chi connectivity index (χ0) is 21.7. The molecular weight excluding hydrogens is 387 g/mol. The van der Waals surface area contributed by atoms with E-state index in [-0.39, 0.29) is 5.91 Å². The van der Waals surface area contributed by atoms with Crippen molar-refractivity contribution < 1.29 is 23.5 Å². The summed E-state index contributed by atoms with van der Waals surface area (Å²) in [6.07, 6.45) is -0.873. The van der Waals surface area contributed by atoms with Crippen molar-refractivity contribution in [1.29, 1.82) is 0 Å². The van der Waals surface area contributed by atoms with Gasteiger partial charge in [0.1, 0.15) is 17.3 Å². The maximum absolute atomic E-state index is 12.9. The maximum atomic E-state index is 12.9. The van der Waals surface area contributed by atoms with Gasteiger partial charge in [-0.1, -0.05) is 24.3 Å². The molecule has 2 N–H and O–H groups in total. The number of rotatable bonds is 6. The number of benzene rings is 3. The number of amides is 2. The van der Waals surface area contributed by atoms with Gasteiger partial charge in [0.05, 0.1) is 13.0 Å². The smallest absolute Gasteiger partial charge is 0.279 e. The van der Waals surface area contributed by atoms with Crippen LogP contribution in [-0.4, -0.2) is 25.0 Å². The van der Waals surface area contributed by atoms with Gasteiger partial charge >= 0.3 is 0 Å². The minimum Gasteiger partial charge on any atom is -0.497 e. The van der Waals surface area contributed by atoms with Crippen molar-refractivity contribution >= 4 is 22.6 Å². The van der Waals surface area contributed by atoms with Gasteiger partial charge in [-0.15, -0.1) is 0 Å². The highest BCUT2D eigenvalue weighted by molar-refractivity contribution is 5.90. The van der Waals surface area contributed by atoms with E-state index in [4.69, 9.17) is 9.47 Å². The molecule has 3 rings (SSSR count). The van der Waals surface area contributed by atoms with Gasteiger partial charge in [0.2, 0.25) is 5.91 Å². The van der Waals surface area contributed by atoms with Crippen LogP contribution in [0.3, 0.4) is 0 Å². The number of carbonyl (C=O) groups is 2. The molecule has 30 heavy (non-hydrogen) atoms. The third-order valence-corrected chi connectivity index (χ3v) is 4.77. The van der Waals surface area contributed by atoms with Crippen molar-refractivity contribution in [2.45, 2.75) is 25.9 Å². The Morgan fingerprint density at radius 1 is 0.833 bits per heavy atom. The average Bonchev–Trinajstić information content (AvgIpc) is 2.77. The van der Waals surface area contributed by atoms with Crippen molar-refractivity contribution in [3.8, 4) is 11.5 Å². The van der Waals surface area contributed by atoms with Crippen molar-refractivity contribution in [3.05, 3.63) is 72.0 Å². The average molecular weight is 410 g/mol. The number of halogens is 1. The summed E-state index contributed by atoms with van der Waals surface area (Å²) in [5, 5.41) is 1.99. The molecule has 0 aliphatic heterocycles. The number of fused-ring (bicyclic) bond motifs is 1. The Morgan fingerprint density at radius 2 is 1.43 bits per heavy atom. The lowest BCUT2D eigenvalue weighted by atomic mass is 9.97. The predicted molar refractivity (Wildman–Crippen MR) is 112 cm³/mol. The highest BCUT2D eigenvalue weighted by Gasteiger charge is 2.19. The second-order valence-electron chi connectivity index (χ2n) is 6.89. The largest absolute Gasteiger partial charge is 0.497 e. The van der Waals surface area contributed by atoms with Gasteiger partial charge in [0.25, 0.3) is 5.91 Å². The molecule has 0 aliphatic carbocycles. The van der Waals surface area contributed by atoms with Crippen molar-refractivity contribution in [3.63, 3.8) is 0 Å². The van der Waals surface area contributed by atoms with E-state index in [9.17, 15) is 14.0 Å². The Kier molecular flexibility index (Phi) is 6.51. The predicted octanol–water partition coefficient (Wildman–Crippen LogP) is 3.71. The lowest BCUT2D eigenvalue weighted by molar-refractivity contribution is -0.133. The molecule has 2 amide bonds. The highest BCUT2D eigenvalue weighted by Crippen LogP contribution is 2.25. The third-order valence-electron chi connectivity index (χ3n) is 4.77. The SMILES string of the molecule is COc1ccc2cc([C@@H](C)C(=O)NNC(=O)[C@H](C)Oc3ccc(F)cc3)ccc2c1. The topological polar surface area (TPSA) is 76.7 Å². The summed E-state index contributed by atoms with van der Waals surface area (Å²) >= 11 is 0. The zero-order valence-electron chi connectivity index (χ0n) is 16.9. The van der Waals surface area contributed by atoms with E-state index in [1.807, 2.05) is 36.4 Å². The molecule has 0 heterocycles. The Bertz CT molecular complexity index is 1050. The number of nitrogens with one attached hydrogen (secondary N) is 2. The number of ether oxygens (including phenoxy) is 2. The first kappa shape index (κ1) is 21.1. The molecule has 7 heteroatoms. The van der Waals surface area contributed by atoms with Crippen molar-refractivity contribution in [1.82, 2.24) is 10.9 Å². The minimum atomic E-state index is -0.873. The molecule has 6 nitrogen and oxygen atoms in total. The van der Waals surface area contributed by atoms with E-state index in [1.165, 1.54) is 31.2 Å². The van der Waals surface area contributed by atoms with E-state index >= 15 is 0 Å². The quantitative estimate of drug-likeness (QED) is 0.608. The number of methoxy groups -OCH3 is 1. The molecule has 0 unspecified atom stereocenters. The first-order chi connectivity index (χ1) is 14.4. The molecule has 0 aromatic heterocycles. The fraction of sp³-hybridized carbons (Fsp3) is 0.217. The second kappa shape index (κ2) is 9.26. The van der Waals surface area contributed by atoms with Crippen LogP contribution in [0.25, 0.3) is 10.8 Å². The number of hydrogen-bond donors (Lipinski definition) is 2. The molecule has 0 aliphatic rings. The maximum Gasteiger partial charge on any atom is 0.279 e. The molecule has 0 spiro atoms. The van der Waals surface area contributed by atoms with E-state index < -0.39 is 23.7 Å². The van der Waals surface area contributed by atoms with Crippen LogP contribution in [0.2, 0.25) is 0 Å². The summed E-state index contributed by atoms with van der Waals surface area (Å²) in [7, 11) is 1.61. The van der Waals surface area contributed by atoms with E-state index in [0.717, 1.165) is 22.1 Å². The minimum absolute atomic E-state index is 0.353.